The van der Waals surface area contributed by atoms with Crippen LogP contribution in [-0.4, -0.2) is 37.3 Å². The fraction of sp³-hybridized carbons (Fsp3) is 0.636. The van der Waals surface area contributed by atoms with Crippen LogP contribution in [0.15, 0.2) is 24.0 Å². The third-order valence-electron chi connectivity index (χ3n) is 2.20. The Balaban J connectivity index is 2.88. The number of aliphatic hydroxyl groups is 1. The van der Waals surface area contributed by atoms with Gasteiger partial charge in [0.1, 0.15) is 11.9 Å². The smallest absolute Gasteiger partial charge is 0.222 e. The Morgan fingerprint density at radius 3 is 2.67 bits per heavy atom. The maximum absolute atomic E-state index is 9.80. The number of methoxy groups -OCH3 is 1. The second kappa shape index (κ2) is 5.30. The van der Waals surface area contributed by atoms with Crippen LogP contribution in [0.5, 0.6) is 0 Å². The molecule has 1 aliphatic rings. The zero-order valence-electron chi connectivity index (χ0n) is 9.40. The number of rotatable bonds is 5. The van der Waals surface area contributed by atoms with E-state index in [1.165, 1.54) is 7.11 Å². The van der Waals surface area contributed by atoms with Crippen LogP contribution in [-0.2, 0) is 14.2 Å². The van der Waals surface area contributed by atoms with Gasteiger partial charge in [-0.25, -0.2) is 0 Å². The average Bonchev–Trinajstić information content (AvgIpc) is 2.24. The van der Waals surface area contributed by atoms with Gasteiger partial charge in [-0.15, -0.1) is 0 Å². The normalized spacial score (nSPS) is 30.1. The summed E-state index contributed by atoms with van der Waals surface area (Å²) in [4.78, 5) is 0. The average molecular weight is 214 g/mol. The van der Waals surface area contributed by atoms with Gasteiger partial charge in [0.25, 0.3) is 0 Å². The van der Waals surface area contributed by atoms with Gasteiger partial charge in [0, 0.05) is 19.8 Å². The lowest BCUT2D eigenvalue weighted by molar-refractivity contribution is -0.228. The van der Waals surface area contributed by atoms with E-state index in [-0.39, 0.29) is 0 Å². The Hall–Kier alpha value is -0.840. The molecule has 0 spiro atoms. The summed E-state index contributed by atoms with van der Waals surface area (Å²) in [5.74, 6) is -0.466. The topological polar surface area (TPSA) is 47.9 Å². The minimum Gasteiger partial charge on any atom is -0.494 e. The Kier molecular flexibility index (Phi) is 4.32. The molecule has 0 heterocycles. The van der Waals surface area contributed by atoms with Gasteiger partial charge >= 0.3 is 0 Å². The van der Waals surface area contributed by atoms with Gasteiger partial charge in [-0.1, -0.05) is 0 Å². The highest BCUT2D eigenvalue weighted by Crippen LogP contribution is 2.27. The summed E-state index contributed by atoms with van der Waals surface area (Å²) in [5, 5.41) is 9.80. The molecule has 0 fully saturated rings. The van der Waals surface area contributed by atoms with E-state index in [9.17, 15) is 5.11 Å². The van der Waals surface area contributed by atoms with Crippen LogP contribution in [0.4, 0.5) is 0 Å². The minimum absolute atomic E-state index is 0.453. The Labute approximate surface area is 90.1 Å². The SMILES string of the molecule is CCOC1=CC(OC)(OCC)C(O)C=C1. The first kappa shape index (κ1) is 12.2. The van der Waals surface area contributed by atoms with Crippen LogP contribution in [0.2, 0.25) is 0 Å². The van der Waals surface area contributed by atoms with E-state index in [1.54, 1.807) is 18.2 Å². The van der Waals surface area contributed by atoms with Crippen LogP contribution in [0.1, 0.15) is 13.8 Å². The van der Waals surface area contributed by atoms with E-state index in [4.69, 9.17) is 14.2 Å². The monoisotopic (exact) mass is 214 g/mol. The second-order valence-electron chi connectivity index (χ2n) is 3.14. The van der Waals surface area contributed by atoms with Crippen molar-refractivity contribution in [2.75, 3.05) is 20.3 Å². The highest BCUT2D eigenvalue weighted by Gasteiger charge is 2.38. The standard InChI is InChI=1S/C11H18O4/c1-4-14-9-6-7-10(12)11(8-9,13-3)15-5-2/h6-8,10,12H,4-5H2,1-3H3. The fourth-order valence-electron chi connectivity index (χ4n) is 1.50. The van der Waals surface area contributed by atoms with Crippen LogP contribution in [0, 0.1) is 0 Å². The predicted octanol–water partition coefficient (Wildman–Crippen LogP) is 1.22. The lowest BCUT2D eigenvalue weighted by Crippen LogP contribution is -2.45. The quantitative estimate of drug-likeness (QED) is 0.699. The molecule has 1 aliphatic carbocycles. The Morgan fingerprint density at radius 1 is 1.40 bits per heavy atom. The maximum atomic E-state index is 9.80. The first-order valence-electron chi connectivity index (χ1n) is 5.09. The van der Waals surface area contributed by atoms with Crippen molar-refractivity contribution >= 4 is 0 Å². The van der Waals surface area contributed by atoms with E-state index in [2.05, 4.69) is 0 Å². The van der Waals surface area contributed by atoms with Gasteiger partial charge in [0.15, 0.2) is 0 Å². The molecule has 0 aromatic carbocycles. The van der Waals surface area contributed by atoms with Crippen molar-refractivity contribution in [2.24, 2.45) is 0 Å². The summed E-state index contributed by atoms with van der Waals surface area (Å²) in [6.07, 6.45) is 4.16. The summed E-state index contributed by atoms with van der Waals surface area (Å²) < 4.78 is 16.0. The molecule has 15 heavy (non-hydrogen) atoms. The molecule has 1 N–H and O–H groups in total. The molecule has 1 rings (SSSR count). The molecule has 2 atom stereocenters. The molecule has 0 aromatic rings. The Morgan fingerprint density at radius 2 is 2.13 bits per heavy atom. The van der Waals surface area contributed by atoms with Crippen LogP contribution < -0.4 is 0 Å². The number of ether oxygens (including phenoxy) is 3. The van der Waals surface area contributed by atoms with Crippen LogP contribution in [0.3, 0.4) is 0 Å². The summed E-state index contributed by atoms with van der Waals surface area (Å²) in [7, 11) is 1.50. The van der Waals surface area contributed by atoms with Gasteiger partial charge in [-0.3, -0.25) is 0 Å². The molecular formula is C11H18O4. The molecule has 0 bridgehead atoms. The molecular weight excluding hydrogens is 196 g/mol. The van der Waals surface area contributed by atoms with Gasteiger partial charge < -0.3 is 19.3 Å². The number of allylic oxidation sites excluding steroid dienone is 1. The van der Waals surface area contributed by atoms with Crippen molar-refractivity contribution in [1.29, 1.82) is 0 Å². The van der Waals surface area contributed by atoms with E-state index < -0.39 is 11.9 Å². The minimum atomic E-state index is -1.12. The number of aliphatic hydroxyl groups excluding tert-OH is 1. The molecule has 0 amide bonds. The molecule has 0 saturated heterocycles. The molecule has 0 aliphatic heterocycles. The number of hydrogen-bond donors (Lipinski definition) is 1. The van der Waals surface area contributed by atoms with Gasteiger partial charge in [-0.2, -0.15) is 0 Å². The van der Waals surface area contributed by atoms with Gasteiger partial charge in [-0.05, 0) is 26.0 Å². The van der Waals surface area contributed by atoms with Crippen molar-refractivity contribution in [1.82, 2.24) is 0 Å². The highest BCUT2D eigenvalue weighted by molar-refractivity contribution is 5.25. The molecule has 4 nitrogen and oxygen atoms in total. The molecule has 2 unspecified atom stereocenters. The number of hydrogen-bond acceptors (Lipinski definition) is 4. The molecule has 0 aromatic heterocycles. The highest BCUT2D eigenvalue weighted by atomic mass is 16.7. The zero-order valence-corrected chi connectivity index (χ0v) is 9.40. The zero-order chi connectivity index (χ0) is 11.3. The molecule has 86 valence electrons. The van der Waals surface area contributed by atoms with Gasteiger partial charge in [0.05, 0.1) is 6.61 Å². The second-order valence-corrected chi connectivity index (χ2v) is 3.14. The van der Waals surface area contributed by atoms with Crippen molar-refractivity contribution in [3.05, 3.63) is 24.0 Å². The first-order chi connectivity index (χ1) is 7.18. The lowest BCUT2D eigenvalue weighted by atomic mass is 10.0. The summed E-state index contributed by atoms with van der Waals surface area (Å²) >= 11 is 0. The molecule has 0 radical (unpaired) electrons. The molecule has 4 heteroatoms. The van der Waals surface area contributed by atoms with Crippen molar-refractivity contribution in [3.63, 3.8) is 0 Å². The summed E-state index contributed by atoms with van der Waals surface area (Å²) in [6.45, 7) is 4.77. The largest absolute Gasteiger partial charge is 0.494 e. The van der Waals surface area contributed by atoms with Crippen LogP contribution in [0.25, 0.3) is 0 Å². The van der Waals surface area contributed by atoms with E-state index in [0.29, 0.717) is 19.0 Å². The molecule has 0 saturated carbocycles. The predicted molar refractivity (Wildman–Crippen MR) is 56.2 cm³/mol. The Bertz CT molecular complexity index is 259. The summed E-state index contributed by atoms with van der Waals surface area (Å²) in [5.41, 5.74) is 0. The van der Waals surface area contributed by atoms with E-state index in [0.717, 1.165) is 0 Å². The fourth-order valence-corrected chi connectivity index (χ4v) is 1.50. The van der Waals surface area contributed by atoms with E-state index >= 15 is 0 Å². The first-order valence-corrected chi connectivity index (χ1v) is 5.09. The van der Waals surface area contributed by atoms with Crippen molar-refractivity contribution in [3.8, 4) is 0 Å². The maximum Gasteiger partial charge on any atom is 0.222 e. The summed E-state index contributed by atoms with van der Waals surface area (Å²) in [6, 6.07) is 0. The van der Waals surface area contributed by atoms with Gasteiger partial charge in [0.2, 0.25) is 5.79 Å². The lowest BCUT2D eigenvalue weighted by Gasteiger charge is -2.34. The van der Waals surface area contributed by atoms with Crippen molar-refractivity contribution in [2.45, 2.75) is 25.7 Å². The third kappa shape index (κ3) is 2.59. The van der Waals surface area contributed by atoms with E-state index in [1.807, 2.05) is 13.8 Å². The van der Waals surface area contributed by atoms with Crippen LogP contribution >= 0.6 is 0 Å². The third-order valence-corrected chi connectivity index (χ3v) is 2.20. The van der Waals surface area contributed by atoms with Crippen molar-refractivity contribution < 1.29 is 19.3 Å².